The lowest BCUT2D eigenvalue weighted by Crippen LogP contribution is -2.50. The molecule has 0 aromatic rings. The second-order valence-electron chi connectivity index (χ2n) is 4.81. The van der Waals surface area contributed by atoms with Gasteiger partial charge in [0.2, 0.25) is 0 Å². The van der Waals surface area contributed by atoms with Crippen molar-refractivity contribution < 1.29 is 14.3 Å². The number of carbonyl (C=O) groups excluding carboxylic acids is 2. The van der Waals surface area contributed by atoms with Gasteiger partial charge in [0.25, 0.3) is 5.91 Å². The van der Waals surface area contributed by atoms with Gasteiger partial charge >= 0.3 is 5.97 Å². The molecule has 6 nitrogen and oxygen atoms in total. The van der Waals surface area contributed by atoms with Crippen molar-refractivity contribution in [3.8, 4) is 0 Å². The van der Waals surface area contributed by atoms with Crippen LogP contribution in [0, 0.1) is 0 Å². The number of hydrogen-bond acceptors (Lipinski definition) is 6. The number of allylic oxidation sites excluding steroid dienone is 2. The van der Waals surface area contributed by atoms with Crippen molar-refractivity contribution in [1.29, 1.82) is 0 Å². The van der Waals surface area contributed by atoms with Crippen LogP contribution in [0.25, 0.3) is 0 Å². The number of methoxy groups -OCH3 is 1. The van der Waals surface area contributed by atoms with Gasteiger partial charge < -0.3 is 15.0 Å². The first-order valence-corrected chi connectivity index (χ1v) is 7.67. The molecular formula is C15H19N3O3S. The van der Waals surface area contributed by atoms with Gasteiger partial charge in [-0.3, -0.25) is 9.69 Å². The number of ether oxygens (including phenoxy) is 1. The van der Waals surface area contributed by atoms with Crippen molar-refractivity contribution in [2.75, 3.05) is 20.7 Å². The molecule has 0 radical (unpaired) electrons. The average molecular weight is 321 g/mol. The molecule has 118 valence electrons. The molecule has 0 spiro atoms. The monoisotopic (exact) mass is 321 g/mol. The second-order valence-corrected chi connectivity index (χ2v) is 5.74. The van der Waals surface area contributed by atoms with Crippen molar-refractivity contribution >= 4 is 23.6 Å². The molecule has 0 saturated heterocycles. The third kappa shape index (κ3) is 2.89. The van der Waals surface area contributed by atoms with Gasteiger partial charge in [-0.2, -0.15) is 0 Å². The predicted octanol–water partition coefficient (Wildman–Crippen LogP) is 1.37. The van der Waals surface area contributed by atoms with E-state index in [0.29, 0.717) is 12.1 Å². The molecule has 0 aliphatic carbocycles. The van der Waals surface area contributed by atoms with E-state index in [2.05, 4.69) is 16.6 Å². The van der Waals surface area contributed by atoms with Crippen LogP contribution in [0.5, 0.6) is 0 Å². The van der Waals surface area contributed by atoms with Gasteiger partial charge in [0.05, 0.1) is 12.7 Å². The summed E-state index contributed by atoms with van der Waals surface area (Å²) in [6.45, 7) is 6.03. The van der Waals surface area contributed by atoms with Gasteiger partial charge in [0.1, 0.15) is 0 Å². The highest BCUT2D eigenvalue weighted by Gasteiger charge is 2.40. The Bertz CT molecular complexity index is 595. The molecule has 1 unspecified atom stereocenters. The van der Waals surface area contributed by atoms with Crippen LogP contribution >= 0.6 is 11.8 Å². The standard InChI is InChI=1S/C15H19N3O3S/c1-5-12-11(8-16-7-6-13(19)21-4)14(20)18-10(2)9-22-15(18)17(12)3/h5-7,9,15-16H,1,8H2,2-4H3/b7-6+. The van der Waals surface area contributed by atoms with E-state index in [-0.39, 0.29) is 11.4 Å². The molecule has 2 heterocycles. The van der Waals surface area contributed by atoms with E-state index in [1.54, 1.807) is 22.7 Å². The summed E-state index contributed by atoms with van der Waals surface area (Å²) in [5.74, 6) is -0.497. The molecule has 1 N–H and O–H groups in total. The third-order valence-electron chi connectivity index (χ3n) is 3.47. The van der Waals surface area contributed by atoms with Gasteiger partial charge in [-0.25, -0.2) is 4.79 Å². The Morgan fingerprint density at radius 2 is 2.32 bits per heavy atom. The number of esters is 1. The average Bonchev–Trinajstić information content (AvgIpc) is 2.90. The molecule has 0 aromatic heterocycles. The third-order valence-corrected chi connectivity index (χ3v) is 4.72. The number of amides is 1. The molecule has 0 aromatic carbocycles. The highest BCUT2D eigenvalue weighted by molar-refractivity contribution is 8.02. The maximum atomic E-state index is 12.7. The van der Waals surface area contributed by atoms with Crippen molar-refractivity contribution in [3.63, 3.8) is 0 Å². The van der Waals surface area contributed by atoms with E-state index in [4.69, 9.17) is 0 Å². The molecule has 2 rings (SSSR count). The lowest BCUT2D eigenvalue weighted by Gasteiger charge is -2.40. The Morgan fingerprint density at radius 3 is 2.95 bits per heavy atom. The fourth-order valence-corrected chi connectivity index (χ4v) is 3.46. The lowest BCUT2D eigenvalue weighted by atomic mass is 10.1. The number of hydrogen-bond donors (Lipinski definition) is 1. The Kier molecular flexibility index (Phi) is 4.97. The van der Waals surface area contributed by atoms with Crippen molar-refractivity contribution in [1.82, 2.24) is 15.1 Å². The first-order valence-electron chi connectivity index (χ1n) is 6.73. The van der Waals surface area contributed by atoms with E-state index < -0.39 is 5.97 Å². The molecule has 7 heteroatoms. The van der Waals surface area contributed by atoms with Crippen LogP contribution in [0.2, 0.25) is 0 Å². The van der Waals surface area contributed by atoms with Gasteiger partial charge in [0, 0.05) is 37.3 Å². The highest BCUT2D eigenvalue weighted by Crippen LogP contribution is 2.39. The Hall–Kier alpha value is -2.15. The van der Waals surface area contributed by atoms with Crippen LogP contribution in [0.15, 0.2) is 47.3 Å². The fourth-order valence-electron chi connectivity index (χ4n) is 2.35. The zero-order valence-electron chi connectivity index (χ0n) is 12.8. The first kappa shape index (κ1) is 16.2. The van der Waals surface area contributed by atoms with Gasteiger partial charge in [-0.05, 0) is 18.4 Å². The highest BCUT2D eigenvalue weighted by atomic mass is 32.2. The number of thioether (sulfide) groups is 1. The molecule has 1 atom stereocenters. The Balaban J connectivity index is 2.18. The summed E-state index contributed by atoms with van der Waals surface area (Å²) in [4.78, 5) is 27.5. The SMILES string of the molecule is C=CC1=C(CN/C=C/C(=O)OC)C(=O)N2C(C)=CSC2N1C. The molecule has 2 aliphatic heterocycles. The molecule has 0 bridgehead atoms. The fraction of sp³-hybridized carbons (Fsp3) is 0.333. The quantitative estimate of drug-likeness (QED) is 0.609. The summed E-state index contributed by atoms with van der Waals surface area (Å²) in [7, 11) is 3.25. The largest absolute Gasteiger partial charge is 0.466 e. The first-order chi connectivity index (χ1) is 10.5. The number of rotatable bonds is 5. The number of carbonyl (C=O) groups is 2. The number of fused-ring (bicyclic) bond motifs is 1. The molecule has 1 amide bonds. The van der Waals surface area contributed by atoms with Crippen LogP contribution in [0.1, 0.15) is 6.92 Å². The summed E-state index contributed by atoms with van der Waals surface area (Å²) < 4.78 is 4.51. The predicted molar refractivity (Wildman–Crippen MR) is 86.1 cm³/mol. The Morgan fingerprint density at radius 1 is 1.59 bits per heavy atom. The molecule has 0 fully saturated rings. The molecule has 22 heavy (non-hydrogen) atoms. The number of nitrogens with zero attached hydrogens (tertiary/aromatic N) is 2. The Labute approximate surface area is 134 Å². The van der Waals surface area contributed by atoms with E-state index in [1.165, 1.54) is 19.4 Å². The summed E-state index contributed by atoms with van der Waals surface area (Å²) in [6.07, 6.45) is 4.43. The minimum absolute atomic E-state index is 0.0456. The molecule has 2 aliphatic rings. The van der Waals surface area contributed by atoms with Crippen LogP contribution in [-0.2, 0) is 14.3 Å². The van der Waals surface area contributed by atoms with Gasteiger partial charge in [-0.1, -0.05) is 18.3 Å². The van der Waals surface area contributed by atoms with E-state index >= 15 is 0 Å². The molecule has 0 saturated carbocycles. The normalized spacial score (nSPS) is 21.1. The zero-order chi connectivity index (χ0) is 16.3. The van der Waals surface area contributed by atoms with E-state index in [0.717, 1.165) is 11.4 Å². The maximum absolute atomic E-state index is 12.7. The maximum Gasteiger partial charge on any atom is 0.331 e. The van der Waals surface area contributed by atoms with Crippen LogP contribution < -0.4 is 5.32 Å². The van der Waals surface area contributed by atoms with Gasteiger partial charge in [0.15, 0.2) is 5.50 Å². The topological polar surface area (TPSA) is 61.9 Å². The lowest BCUT2D eigenvalue weighted by molar-refractivity contribution is -0.134. The summed E-state index contributed by atoms with van der Waals surface area (Å²) in [5, 5.41) is 4.92. The van der Waals surface area contributed by atoms with Crippen molar-refractivity contribution in [2.24, 2.45) is 0 Å². The smallest absolute Gasteiger partial charge is 0.331 e. The van der Waals surface area contributed by atoms with Crippen molar-refractivity contribution in [2.45, 2.75) is 12.4 Å². The second kappa shape index (κ2) is 6.74. The summed E-state index contributed by atoms with van der Waals surface area (Å²) in [6, 6.07) is 0. The van der Waals surface area contributed by atoms with Crippen LogP contribution in [0.4, 0.5) is 0 Å². The van der Waals surface area contributed by atoms with Gasteiger partial charge in [-0.15, -0.1) is 0 Å². The minimum atomic E-state index is -0.452. The number of nitrogens with one attached hydrogen (secondary N) is 1. The minimum Gasteiger partial charge on any atom is -0.466 e. The van der Waals surface area contributed by atoms with E-state index in [1.807, 2.05) is 24.3 Å². The summed E-state index contributed by atoms with van der Waals surface area (Å²) in [5.41, 5.74) is 2.27. The number of likely N-dealkylation sites (N-methyl/N-ethyl adjacent to an activating group) is 1. The van der Waals surface area contributed by atoms with Crippen molar-refractivity contribution in [3.05, 3.63) is 47.3 Å². The summed E-state index contributed by atoms with van der Waals surface area (Å²) >= 11 is 1.59. The van der Waals surface area contributed by atoms with Crippen LogP contribution in [-0.4, -0.2) is 47.9 Å². The van der Waals surface area contributed by atoms with E-state index in [9.17, 15) is 9.59 Å². The zero-order valence-corrected chi connectivity index (χ0v) is 13.6. The van der Waals surface area contributed by atoms with Crippen LogP contribution in [0.3, 0.4) is 0 Å². The molecular weight excluding hydrogens is 302 g/mol.